The largest absolute Gasteiger partial charge is 0.490 e. The highest BCUT2D eigenvalue weighted by atomic mass is 32.2. The number of carbonyl (C=O) groups is 1. The third-order valence-corrected chi connectivity index (χ3v) is 7.37. The zero-order valence-corrected chi connectivity index (χ0v) is 19.5. The van der Waals surface area contributed by atoms with E-state index >= 15 is 0 Å². The SMILES string of the molecule is CN(C)S(=O)(=O)c1ccc(OCCOC(=O)c2c3c(nn2-c2ccccc2)CCCC3)cc1. The lowest BCUT2D eigenvalue weighted by Crippen LogP contribution is -2.22. The molecule has 8 nitrogen and oxygen atoms in total. The Bertz CT molecular complexity index is 1220. The standard InChI is InChI=1S/C24H27N3O5S/c1-26(2)33(29,30)20-14-12-19(13-15-20)31-16-17-32-24(28)23-21-10-6-7-11-22(21)25-27(23)18-8-4-3-5-9-18/h3-5,8-9,12-15H,6-7,10-11,16-17H2,1-2H3. The fraction of sp³-hybridized carbons (Fsp3) is 0.333. The maximum absolute atomic E-state index is 13.0. The van der Waals surface area contributed by atoms with Crippen LogP contribution in [0.25, 0.3) is 5.69 Å². The van der Waals surface area contributed by atoms with Crippen molar-refractivity contribution >= 4 is 16.0 Å². The first-order valence-corrected chi connectivity index (χ1v) is 12.3. The van der Waals surface area contributed by atoms with Crippen LogP contribution in [0, 0.1) is 0 Å². The average molecular weight is 470 g/mol. The van der Waals surface area contributed by atoms with Crippen molar-refractivity contribution in [3.05, 3.63) is 71.5 Å². The molecule has 0 N–H and O–H groups in total. The summed E-state index contributed by atoms with van der Waals surface area (Å²) in [7, 11) is -0.527. The van der Waals surface area contributed by atoms with Crippen LogP contribution in [0.15, 0.2) is 59.5 Å². The molecule has 33 heavy (non-hydrogen) atoms. The predicted molar refractivity (Wildman–Crippen MR) is 123 cm³/mol. The van der Waals surface area contributed by atoms with Gasteiger partial charge in [-0.25, -0.2) is 22.2 Å². The summed E-state index contributed by atoms with van der Waals surface area (Å²) in [6.07, 6.45) is 3.76. The normalized spacial score (nSPS) is 13.5. The molecule has 1 aliphatic rings. The second kappa shape index (κ2) is 9.76. The fourth-order valence-electron chi connectivity index (χ4n) is 3.80. The van der Waals surface area contributed by atoms with E-state index in [1.54, 1.807) is 16.8 Å². The summed E-state index contributed by atoms with van der Waals surface area (Å²) in [5.41, 5.74) is 3.23. The van der Waals surface area contributed by atoms with Gasteiger partial charge in [-0.1, -0.05) is 18.2 Å². The summed E-state index contributed by atoms with van der Waals surface area (Å²) in [5, 5.41) is 4.69. The van der Waals surface area contributed by atoms with Crippen LogP contribution < -0.4 is 4.74 Å². The Morgan fingerprint density at radius 3 is 2.39 bits per heavy atom. The zero-order valence-electron chi connectivity index (χ0n) is 18.7. The van der Waals surface area contributed by atoms with E-state index in [1.807, 2.05) is 30.3 Å². The lowest BCUT2D eigenvalue weighted by Gasteiger charge is -2.13. The predicted octanol–water partition coefficient (Wildman–Crippen LogP) is 3.24. The number of carbonyl (C=O) groups excluding carboxylic acids is 1. The second-order valence-electron chi connectivity index (χ2n) is 7.97. The number of esters is 1. The number of hydrogen-bond donors (Lipinski definition) is 0. The summed E-state index contributed by atoms with van der Waals surface area (Å²) in [6.45, 7) is 0.207. The van der Waals surface area contributed by atoms with Gasteiger partial charge < -0.3 is 9.47 Å². The first-order chi connectivity index (χ1) is 15.9. The summed E-state index contributed by atoms with van der Waals surface area (Å²) >= 11 is 0. The minimum atomic E-state index is -3.49. The summed E-state index contributed by atoms with van der Waals surface area (Å²) in [4.78, 5) is 13.2. The monoisotopic (exact) mass is 469 g/mol. The fourth-order valence-corrected chi connectivity index (χ4v) is 4.70. The second-order valence-corrected chi connectivity index (χ2v) is 10.1. The summed E-state index contributed by atoms with van der Waals surface area (Å²) < 4.78 is 38.3. The number of aromatic nitrogens is 2. The number of hydrogen-bond acceptors (Lipinski definition) is 6. The molecular formula is C24H27N3O5S. The van der Waals surface area contributed by atoms with Gasteiger partial charge in [-0.3, -0.25) is 0 Å². The van der Waals surface area contributed by atoms with Crippen LogP contribution >= 0.6 is 0 Å². The van der Waals surface area contributed by atoms with E-state index in [4.69, 9.17) is 14.6 Å². The maximum Gasteiger partial charge on any atom is 0.357 e. The van der Waals surface area contributed by atoms with Gasteiger partial charge in [-0.05, 0) is 62.1 Å². The van der Waals surface area contributed by atoms with Crippen LogP contribution in [0.4, 0.5) is 0 Å². The molecule has 1 aromatic heterocycles. The Hall–Kier alpha value is -3.17. The molecule has 4 rings (SSSR count). The average Bonchev–Trinajstić information content (AvgIpc) is 3.22. The molecule has 1 aliphatic carbocycles. The van der Waals surface area contributed by atoms with E-state index in [1.165, 1.54) is 26.2 Å². The molecule has 0 saturated carbocycles. The third-order valence-electron chi connectivity index (χ3n) is 5.54. The molecule has 3 aromatic rings. The van der Waals surface area contributed by atoms with Gasteiger partial charge in [0.15, 0.2) is 5.69 Å². The lowest BCUT2D eigenvalue weighted by molar-refractivity contribution is 0.0438. The molecule has 0 radical (unpaired) electrons. The van der Waals surface area contributed by atoms with E-state index in [0.717, 1.165) is 46.9 Å². The van der Waals surface area contributed by atoms with Gasteiger partial charge in [-0.2, -0.15) is 5.10 Å². The Labute approximate surface area is 193 Å². The molecule has 0 saturated heterocycles. The van der Waals surface area contributed by atoms with Crippen LogP contribution in [-0.2, 0) is 27.6 Å². The van der Waals surface area contributed by atoms with Crippen molar-refractivity contribution in [1.82, 2.24) is 14.1 Å². The smallest absolute Gasteiger partial charge is 0.357 e. The summed E-state index contributed by atoms with van der Waals surface area (Å²) in [6, 6.07) is 15.7. The van der Waals surface area contributed by atoms with Gasteiger partial charge >= 0.3 is 5.97 Å². The minimum absolute atomic E-state index is 0.0608. The van der Waals surface area contributed by atoms with Crippen LogP contribution in [0.5, 0.6) is 5.75 Å². The molecule has 0 unspecified atom stereocenters. The van der Waals surface area contributed by atoms with Gasteiger partial charge in [0.1, 0.15) is 19.0 Å². The number of sulfonamides is 1. The van der Waals surface area contributed by atoms with Gasteiger partial charge in [0.05, 0.1) is 16.3 Å². The van der Waals surface area contributed by atoms with Crippen molar-refractivity contribution in [3.8, 4) is 11.4 Å². The van der Waals surface area contributed by atoms with Gasteiger partial charge in [-0.15, -0.1) is 0 Å². The Balaban J connectivity index is 1.40. The van der Waals surface area contributed by atoms with Crippen molar-refractivity contribution < 1.29 is 22.7 Å². The minimum Gasteiger partial charge on any atom is -0.490 e. The molecule has 1 heterocycles. The van der Waals surface area contributed by atoms with Crippen molar-refractivity contribution in [2.24, 2.45) is 0 Å². The molecule has 0 atom stereocenters. The maximum atomic E-state index is 13.0. The van der Waals surface area contributed by atoms with Gasteiger partial charge in [0.2, 0.25) is 10.0 Å². The molecule has 9 heteroatoms. The number of para-hydroxylation sites is 1. The van der Waals surface area contributed by atoms with E-state index in [2.05, 4.69) is 0 Å². The third kappa shape index (κ3) is 4.94. The highest BCUT2D eigenvalue weighted by Gasteiger charge is 2.27. The molecule has 0 aliphatic heterocycles. The van der Waals surface area contributed by atoms with Crippen molar-refractivity contribution in [3.63, 3.8) is 0 Å². The Kier molecular flexibility index (Phi) is 6.80. The first-order valence-electron chi connectivity index (χ1n) is 10.9. The number of ether oxygens (including phenoxy) is 2. The van der Waals surface area contributed by atoms with Crippen LogP contribution in [0.1, 0.15) is 34.6 Å². The van der Waals surface area contributed by atoms with Crippen molar-refractivity contribution in [2.75, 3.05) is 27.3 Å². The van der Waals surface area contributed by atoms with E-state index in [-0.39, 0.29) is 18.1 Å². The lowest BCUT2D eigenvalue weighted by atomic mass is 9.96. The zero-order chi connectivity index (χ0) is 23.4. The van der Waals surface area contributed by atoms with E-state index in [9.17, 15) is 13.2 Å². The van der Waals surface area contributed by atoms with Crippen LogP contribution in [0.3, 0.4) is 0 Å². The quantitative estimate of drug-likeness (QED) is 0.372. The number of rotatable bonds is 8. The number of nitrogens with zero attached hydrogens (tertiary/aromatic N) is 3. The topological polar surface area (TPSA) is 90.7 Å². The van der Waals surface area contributed by atoms with Gasteiger partial charge in [0, 0.05) is 19.7 Å². The molecule has 0 amide bonds. The Morgan fingerprint density at radius 1 is 1.00 bits per heavy atom. The molecule has 174 valence electrons. The molecule has 0 fully saturated rings. The number of benzene rings is 2. The molecule has 2 aromatic carbocycles. The highest BCUT2D eigenvalue weighted by molar-refractivity contribution is 7.89. The van der Waals surface area contributed by atoms with Crippen LogP contribution in [-0.4, -0.2) is 55.8 Å². The number of aryl methyl sites for hydroxylation is 1. The van der Waals surface area contributed by atoms with Gasteiger partial charge in [0.25, 0.3) is 0 Å². The highest BCUT2D eigenvalue weighted by Crippen LogP contribution is 2.27. The molecule has 0 spiro atoms. The Morgan fingerprint density at radius 2 is 1.70 bits per heavy atom. The number of fused-ring (bicyclic) bond motifs is 1. The van der Waals surface area contributed by atoms with Crippen molar-refractivity contribution in [1.29, 1.82) is 0 Å². The first kappa shape index (κ1) is 23.0. The van der Waals surface area contributed by atoms with E-state index in [0.29, 0.717) is 11.4 Å². The summed E-state index contributed by atoms with van der Waals surface area (Å²) in [5.74, 6) is 0.0704. The van der Waals surface area contributed by atoms with Crippen molar-refractivity contribution in [2.45, 2.75) is 30.6 Å². The van der Waals surface area contributed by atoms with Crippen LogP contribution in [0.2, 0.25) is 0 Å². The molecule has 0 bridgehead atoms. The molecular weight excluding hydrogens is 442 g/mol. The van der Waals surface area contributed by atoms with E-state index < -0.39 is 16.0 Å².